The van der Waals surface area contributed by atoms with Gasteiger partial charge in [0.15, 0.2) is 33.2 Å². The highest BCUT2D eigenvalue weighted by molar-refractivity contribution is 8.00. The molecule has 0 radical (unpaired) electrons. The number of nitrogens with one attached hydrogen (secondary N) is 1. The van der Waals surface area contributed by atoms with Gasteiger partial charge in [-0.15, -0.1) is 0 Å². The molecule has 2 saturated heterocycles. The molecule has 1 unspecified atom stereocenters. The maximum atomic E-state index is 15.6. The number of hydrogen-bond donors (Lipinski definition) is 4. The minimum atomic E-state index is -2.16. The van der Waals surface area contributed by atoms with Gasteiger partial charge in [0.25, 0.3) is 0 Å². The van der Waals surface area contributed by atoms with Gasteiger partial charge >= 0.3 is 5.97 Å². The van der Waals surface area contributed by atoms with Gasteiger partial charge in [-0.25, -0.2) is 9.97 Å². The van der Waals surface area contributed by atoms with Gasteiger partial charge in [0.05, 0.1) is 25.9 Å². The van der Waals surface area contributed by atoms with Gasteiger partial charge in [0.1, 0.15) is 17.3 Å². The average molecular weight is 1070 g/mol. The van der Waals surface area contributed by atoms with E-state index in [0.717, 1.165) is 75.1 Å². The summed E-state index contributed by atoms with van der Waals surface area (Å²) in [5.74, 6) is -0.349. The molecule has 400 valence electrons. The van der Waals surface area contributed by atoms with E-state index in [4.69, 9.17) is 13.6 Å². The molecule has 0 amide bonds. The maximum absolute atomic E-state index is 15.6. The van der Waals surface area contributed by atoms with Crippen LogP contribution < -0.4 is 9.64 Å². The van der Waals surface area contributed by atoms with E-state index in [1.807, 2.05) is 51.5 Å². The van der Waals surface area contributed by atoms with Gasteiger partial charge in [0, 0.05) is 108 Å². The number of carbonyl (C=O) groups is 2. The van der Waals surface area contributed by atoms with Crippen molar-refractivity contribution in [3.63, 3.8) is 0 Å². The van der Waals surface area contributed by atoms with E-state index < -0.39 is 62.2 Å². The summed E-state index contributed by atoms with van der Waals surface area (Å²) in [6.45, 7) is 18.5. The molecule has 1 spiro atoms. The first-order valence-corrected chi connectivity index (χ1v) is 34.4. The summed E-state index contributed by atoms with van der Waals surface area (Å²) in [6, 6.07) is 12.2. The number of aliphatic hydroxyl groups excluding tert-OH is 1. The van der Waals surface area contributed by atoms with Crippen LogP contribution in [0.3, 0.4) is 0 Å². The van der Waals surface area contributed by atoms with Crippen LogP contribution in [0.1, 0.15) is 93.2 Å². The van der Waals surface area contributed by atoms with Crippen LogP contribution in [0.2, 0.25) is 32.2 Å². The zero-order valence-electron chi connectivity index (χ0n) is 45.4. The van der Waals surface area contributed by atoms with Crippen molar-refractivity contribution in [1.82, 2.24) is 24.8 Å². The number of thioether (sulfide) groups is 1. The molecule has 17 heteroatoms. The third-order valence-corrected chi connectivity index (χ3v) is 28.4. The minimum absolute atomic E-state index is 0.0889. The third kappa shape index (κ3) is 8.48. The number of hydrogen-bond acceptors (Lipinski definition) is 14. The van der Waals surface area contributed by atoms with Crippen molar-refractivity contribution >= 4 is 56.7 Å². The number of nitrogens with zero attached hydrogens (tertiary/aromatic N) is 5. The Labute approximate surface area is 444 Å². The molecular formula is C57H80N6O8SSi2. The number of ketones is 1. The van der Waals surface area contributed by atoms with Gasteiger partial charge < -0.3 is 38.8 Å². The monoisotopic (exact) mass is 1060 g/mol. The number of ether oxygens (including phenoxy) is 2. The van der Waals surface area contributed by atoms with E-state index in [-0.39, 0.29) is 24.2 Å². The van der Waals surface area contributed by atoms with Gasteiger partial charge in [-0.3, -0.25) is 19.4 Å². The Morgan fingerprint density at radius 2 is 1.72 bits per heavy atom. The Balaban J connectivity index is 1.05. The first kappa shape index (κ1) is 53.5. The fourth-order valence-corrected chi connectivity index (χ4v) is 26.1. The Bertz CT molecular complexity index is 2830. The number of H-pyrrole nitrogens is 1. The second-order valence-corrected chi connectivity index (χ2v) is 34.4. The zero-order valence-corrected chi connectivity index (χ0v) is 48.2. The molecule has 2 bridgehead atoms. The summed E-state index contributed by atoms with van der Waals surface area (Å²) in [4.78, 5) is 50.7. The molecule has 3 fully saturated rings. The number of methoxy groups -OCH3 is 2. The smallest absolute Gasteiger partial charge is 0.322 e. The summed E-state index contributed by atoms with van der Waals surface area (Å²) in [5.41, 5.74) is -0.101. The summed E-state index contributed by atoms with van der Waals surface area (Å²) in [7, 11) is 0.801. The number of unbranched alkanes of at least 4 members (excludes halogenated alkanes) is 1. The number of anilines is 1. The molecule has 74 heavy (non-hydrogen) atoms. The molecule has 10 rings (SSSR count). The molecule has 7 heterocycles. The largest absolute Gasteiger partial charge is 0.496 e. The van der Waals surface area contributed by atoms with Crippen molar-refractivity contribution in [1.29, 1.82) is 0 Å². The van der Waals surface area contributed by atoms with Crippen molar-refractivity contribution < 1.29 is 38.5 Å². The number of esters is 1. The van der Waals surface area contributed by atoms with Gasteiger partial charge in [-0.2, -0.15) is 0 Å². The normalized spacial score (nSPS) is 32.5. The van der Waals surface area contributed by atoms with Crippen LogP contribution in [-0.4, -0.2) is 157 Å². The maximum Gasteiger partial charge on any atom is 0.322 e. The highest BCUT2D eigenvalue weighted by Crippen LogP contribution is 2.68. The van der Waals surface area contributed by atoms with Crippen molar-refractivity contribution in [2.24, 2.45) is 11.3 Å². The van der Waals surface area contributed by atoms with E-state index >= 15 is 9.59 Å². The minimum Gasteiger partial charge on any atom is -0.496 e. The summed E-state index contributed by atoms with van der Waals surface area (Å²) in [6.07, 6.45) is 11.2. The number of aliphatic hydroxyl groups is 3. The predicted molar refractivity (Wildman–Crippen MR) is 296 cm³/mol. The third-order valence-electron chi connectivity index (χ3n) is 18.6. The van der Waals surface area contributed by atoms with Gasteiger partial charge in [0.2, 0.25) is 0 Å². The Kier molecular flexibility index (Phi) is 14.1. The summed E-state index contributed by atoms with van der Waals surface area (Å²) >= 11 is 1.65. The molecule has 5 aliphatic heterocycles. The fraction of sp³-hybridized carbons (Fsp3) is 0.614. The SMILES string of the molecule is CC[C@]1(O)C[C@@H]2CN(CCc3c([nH]c4ccccc34)[C@@](C(=O)OC)(c3cc4c(cc3OC)N(C)[C@H]3[C@@](O)(C(=O)CCCC[Si](C)(C)O[Si](C)(C)CSc5ncc(C)cn5)[C@H](O)[C@]5(CC)C=CCN6CC[C@]43[C@@H]65)C2)C1. The lowest BCUT2D eigenvalue weighted by Gasteiger charge is -2.63. The van der Waals surface area contributed by atoms with Crippen LogP contribution in [0.25, 0.3) is 10.9 Å². The van der Waals surface area contributed by atoms with Crippen molar-refractivity contribution in [2.45, 2.75) is 156 Å². The van der Waals surface area contributed by atoms with E-state index in [1.54, 1.807) is 18.9 Å². The number of piperidine rings is 1. The number of aryl methyl sites for hydroxylation is 1. The molecule has 10 atom stereocenters. The lowest BCUT2D eigenvalue weighted by atomic mass is 9.47. The molecule has 14 nitrogen and oxygen atoms in total. The molecule has 4 aromatic rings. The van der Waals surface area contributed by atoms with E-state index in [2.05, 4.69) is 93.1 Å². The van der Waals surface area contributed by atoms with E-state index in [9.17, 15) is 15.3 Å². The van der Waals surface area contributed by atoms with Crippen molar-refractivity contribution in [3.05, 3.63) is 88.9 Å². The van der Waals surface area contributed by atoms with Crippen LogP contribution >= 0.6 is 11.8 Å². The number of benzene rings is 2. The van der Waals surface area contributed by atoms with Crippen LogP contribution in [0.5, 0.6) is 5.75 Å². The van der Waals surface area contributed by atoms with Crippen LogP contribution in [0.4, 0.5) is 5.69 Å². The molecule has 2 aromatic heterocycles. The molecule has 2 aromatic carbocycles. The highest BCUT2D eigenvalue weighted by atomic mass is 32.2. The molecule has 4 N–H and O–H groups in total. The number of fused-ring (bicyclic) bond motifs is 6. The summed E-state index contributed by atoms with van der Waals surface area (Å²) < 4.78 is 19.5. The standard InChI is InChI=1S/C57H80N6O8SSi2/c1-11-53(67)30-38-31-56(51(66)70-6,47-40(21-25-62(34-38)35-53)39-18-13-14-19-43(39)60-47)42-28-41-44(29-45(42)69-5)61(4)49-55(41)23-26-63-24-17-22-54(12-2,48(55)63)50(65)57(49,68)46(64)20-15-16-27-73(7,8)71-74(9,10)36-72-52-58-32-37(3)33-59-52/h13-14,17-19,22,28-29,32-33,38,48-50,60,65,67-68H,11-12,15-16,20-21,23-27,30-31,34-36H2,1-10H3/t38-,48-,49+,50+,53-,54+,55+,56-,57-/m0/s1. The number of Topliss-reactive ketones (excluding diaryl/α,β-unsaturated/α-hetero) is 1. The number of likely N-dealkylation sites (N-methyl/N-ethyl adjacent to an activating group) is 1. The zero-order chi connectivity index (χ0) is 52.8. The molecular weight excluding hydrogens is 985 g/mol. The fourth-order valence-electron chi connectivity index (χ4n) is 15.6. The molecule has 1 aliphatic carbocycles. The van der Waals surface area contributed by atoms with Crippen LogP contribution in [0, 0.1) is 18.3 Å². The topological polar surface area (TPSA) is 174 Å². The molecule has 1 saturated carbocycles. The number of aromatic amines is 1. The van der Waals surface area contributed by atoms with Gasteiger partial charge in [-0.05, 0) is 125 Å². The predicted octanol–water partition coefficient (Wildman–Crippen LogP) is 7.84. The number of para-hydroxylation sites is 1. The lowest BCUT2D eigenvalue weighted by Crippen LogP contribution is -2.80. The van der Waals surface area contributed by atoms with E-state index in [0.29, 0.717) is 75.9 Å². The average Bonchev–Trinajstić information content (AvgIpc) is 4.16. The number of rotatable bonds is 16. The second kappa shape index (κ2) is 19.5. The Hall–Kier alpha value is -3.92. The van der Waals surface area contributed by atoms with Crippen molar-refractivity contribution in [3.8, 4) is 5.75 Å². The van der Waals surface area contributed by atoms with Gasteiger partial charge in [-0.1, -0.05) is 62.4 Å². The Morgan fingerprint density at radius 1 is 0.959 bits per heavy atom. The number of aromatic nitrogens is 3. The summed E-state index contributed by atoms with van der Waals surface area (Å²) in [5, 5.41) is 41.7. The van der Waals surface area contributed by atoms with Crippen LogP contribution in [0.15, 0.2) is 66.1 Å². The highest BCUT2D eigenvalue weighted by Gasteiger charge is 2.78. The first-order chi connectivity index (χ1) is 35.2. The van der Waals surface area contributed by atoms with E-state index in [1.165, 1.54) is 7.11 Å². The lowest BCUT2D eigenvalue weighted by molar-refractivity contribution is -0.202. The Morgan fingerprint density at radius 3 is 2.43 bits per heavy atom. The number of carbonyl (C=O) groups excluding carboxylic acids is 2. The molecule has 6 aliphatic rings. The van der Waals surface area contributed by atoms with Crippen LogP contribution in [-0.2, 0) is 35.7 Å². The second-order valence-electron chi connectivity index (χ2n) is 24.2. The van der Waals surface area contributed by atoms with Crippen molar-refractivity contribution in [2.75, 3.05) is 64.3 Å². The quantitative estimate of drug-likeness (QED) is 0.0213. The first-order valence-electron chi connectivity index (χ1n) is 27.2.